The first-order valence-corrected chi connectivity index (χ1v) is 16.2. The van der Waals surface area contributed by atoms with E-state index in [9.17, 15) is 29.1 Å². The average Bonchev–Trinajstić information content (AvgIpc) is 3.02. The average molecular weight is 652 g/mol. The highest BCUT2D eigenvalue weighted by molar-refractivity contribution is 5.94. The molecular weight excluding hydrogens is 602 g/mol. The fourth-order valence-corrected chi connectivity index (χ4v) is 5.51. The van der Waals surface area contributed by atoms with Crippen LogP contribution >= 0.6 is 0 Å². The molecule has 2 aromatic carbocycles. The maximum absolute atomic E-state index is 13.6. The Morgan fingerprint density at radius 1 is 0.787 bits per heavy atom. The lowest BCUT2D eigenvalue weighted by Crippen LogP contribution is -2.59. The van der Waals surface area contributed by atoms with Gasteiger partial charge in [0.1, 0.15) is 17.7 Å². The van der Waals surface area contributed by atoms with Gasteiger partial charge in [-0.25, -0.2) is 4.79 Å². The molecule has 1 saturated carbocycles. The van der Waals surface area contributed by atoms with E-state index in [1.54, 1.807) is 69.3 Å². The van der Waals surface area contributed by atoms with Gasteiger partial charge in [0.2, 0.25) is 17.7 Å². The molecule has 1 fully saturated rings. The summed E-state index contributed by atoms with van der Waals surface area (Å²) in [7, 11) is 0. The number of benzene rings is 2. The summed E-state index contributed by atoms with van der Waals surface area (Å²) in [5.74, 6) is -2.75. The molecule has 12 heteroatoms. The van der Waals surface area contributed by atoms with Crippen LogP contribution in [-0.4, -0.2) is 71.2 Å². The third kappa shape index (κ3) is 13.4. The van der Waals surface area contributed by atoms with E-state index in [0.29, 0.717) is 12.5 Å². The molecule has 12 nitrogen and oxygen atoms in total. The normalized spacial score (nSPS) is 16.1. The molecule has 3 rings (SSSR count). The van der Waals surface area contributed by atoms with E-state index in [2.05, 4.69) is 21.3 Å². The van der Waals surface area contributed by atoms with Crippen LogP contribution in [0.2, 0.25) is 0 Å². The molecule has 4 atom stereocenters. The van der Waals surface area contributed by atoms with Crippen LogP contribution in [0.4, 0.5) is 4.79 Å². The first kappa shape index (κ1) is 37.0. The van der Waals surface area contributed by atoms with Crippen molar-refractivity contribution >= 4 is 29.7 Å². The summed E-state index contributed by atoms with van der Waals surface area (Å²) in [5.41, 5.74) is 6.10. The van der Waals surface area contributed by atoms with Gasteiger partial charge in [-0.15, -0.1) is 0 Å². The predicted octanol–water partition coefficient (Wildman–Crippen LogP) is 2.27. The number of alkyl carbamates (subject to hydrolysis) is 1. The van der Waals surface area contributed by atoms with Crippen molar-refractivity contribution < 1.29 is 33.8 Å². The van der Waals surface area contributed by atoms with E-state index in [0.717, 1.165) is 36.8 Å². The van der Waals surface area contributed by atoms with E-state index in [1.807, 2.05) is 12.1 Å². The Hall–Kier alpha value is -4.45. The van der Waals surface area contributed by atoms with E-state index in [-0.39, 0.29) is 12.8 Å². The Labute approximate surface area is 276 Å². The molecule has 0 spiro atoms. The summed E-state index contributed by atoms with van der Waals surface area (Å²) < 4.78 is 5.34. The molecular formula is C35H49N5O7. The second-order valence-electron chi connectivity index (χ2n) is 13.1. The van der Waals surface area contributed by atoms with Crippen molar-refractivity contribution in [3.63, 3.8) is 0 Å². The molecule has 2 aromatic rings. The summed E-state index contributed by atoms with van der Waals surface area (Å²) in [6.45, 7) is 5.48. The highest BCUT2D eigenvalue weighted by Gasteiger charge is 2.34. The number of hydrogen-bond donors (Lipinski definition) is 6. The fourth-order valence-electron chi connectivity index (χ4n) is 5.51. The standard InChI is InChI=1S/C35H49N5O7/c1-35(2,3)47-34(46)40-27(20-24-15-9-5-10-16-24)31(43)39-28(21-29(36)41)32(44)38-26(19-23-13-7-4-8-14-23)30(42)33(45)37-22-25-17-11-6-12-18-25/h4-5,7-10,13-16,25-28,30,42H,6,11-12,17-22H2,1-3H3,(H2,36,41)(H,37,45)(H,38,44)(H,39,43)(H,40,46)/t26-,27-,28-,30-/m0/s1. The van der Waals surface area contributed by atoms with Gasteiger partial charge >= 0.3 is 6.09 Å². The third-order valence-corrected chi connectivity index (χ3v) is 7.89. The highest BCUT2D eigenvalue weighted by atomic mass is 16.6. The topological polar surface area (TPSA) is 189 Å². The molecule has 256 valence electrons. The molecule has 0 heterocycles. The molecule has 0 aromatic heterocycles. The van der Waals surface area contributed by atoms with Gasteiger partial charge in [-0.05, 0) is 57.1 Å². The number of rotatable bonds is 15. The molecule has 0 radical (unpaired) electrons. The maximum Gasteiger partial charge on any atom is 0.408 e. The zero-order chi connectivity index (χ0) is 34.4. The first-order valence-electron chi connectivity index (χ1n) is 16.2. The third-order valence-electron chi connectivity index (χ3n) is 7.89. The summed E-state index contributed by atoms with van der Waals surface area (Å²) >= 11 is 0. The van der Waals surface area contributed by atoms with Crippen LogP contribution in [0.3, 0.4) is 0 Å². The molecule has 47 heavy (non-hydrogen) atoms. The van der Waals surface area contributed by atoms with Gasteiger partial charge in [0.15, 0.2) is 6.10 Å². The summed E-state index contributed by atoms with van der Waals surface area (Å²) in [6, 6.07) is 14.2. The highest BCUT2D eigenvalue weighted by Crippen LogP contribution is 2.23. The van der Waals surface area contributed by atoms with Crippen molar-refractivity contribution in [3.05, 3.63) is 71.8 Å². The smallest absolute Gasteiger partial charge is 0.408 e. The van der Waals surface area contributed by atoms with Crippen molar-refractivity contribution in [1.82, 2.24) is 21.3 Å². The van der Waals surface area contributed by atoms with Crippen molar-refractivity contribution in [3.8, 4) is 0 Å². The number of nitrogens with two attached hydrogens (primary N) is 1. The minimum Gasteiger partial charge on any atom is -0.444 e. The van der Waals surface area contributed by atoms with Crippen LogP contribution < -0.4 is 27.0 Å². The lowest BCUT2D eigenvalue weighted by Gasteiger charge is -2.28. The quantitative estimate of drug-likeness (QED) is 0.170. The second-order valence-corrected chi connectivity index (χ2v) is 13.1. The summed E-state index contributed by atoms with van der Waals surface area (Å²) in [5, 5.41) is 21.7. The number of aliphatic hydroxyl groups is 1. The number of primary amides is 1. The van der Waals surface area contributed by atoms with Crippen LogP contribution in [0.25, 0.3) is 0 Å². The van der Waals surface area contributed by atoms with Gasteiger partial charge in [0, 0.05) is 13.0 Å². The number of amides is 5. The van der Waals surface area contributed by atoms with E-state index < -0.39 is 66.0 Å². The van der Waals surface area contributed by atoms with Crippen LogP contribution in [0.1, 0.15) is 70.4 Å². The fraction of sp³-hybridized carbons (Fsp3) is 0.514. The lowest BCUT2D eigenvalue weighted by atomic mass is 9.89. The van der Waals surface area contributed by atoms with Crippen molar-refractivity contribution in [2.24, 2.45) is 11.7 Å². The van der Waals surface area contributed by atoms with Gasteiger partial charge in [-0.2, -0.15) is 0 Å². The van der Waals surface area contributed by atoms with Gasteiger partial charge in [0.25, 0.3) is 5.91 Å². The Balaban J connectivity index is 1.78. The maximum atomic E-state index is 13.6. The number of aliphatic hydroxyl groups excluding tert-OH is 1. The van der Waals surface area contributed by atoms with Crippen LogP contribution in [-0.2, 0) is 36.8 Å². The molecule has 0 saturated heterocycles. The molecule has 1 aliphatic carbocycles. The van der Waals surface area contributed by atoms with E-state index in [4.69, 9.17) is 10.5 Å². The Kier molecular flexibility index (Phi) is 14.2. The van der Waals surface area contributed by atoms with Gasteiger partial charge in [0.05, 0.1) is 12.5 Å². The van der Waals surface area contributed by atoms with Crippen molar-refractivity contribution in [2.45, 2.75) is 102 Å². The molecule has 0 unspecified atom stereocenters. The Morgan fingerprint density at radius 3 is 1.89 bits per heavy atom. The Morgan fingerprint density at radius 2 is 1.34 bits per heavy atom. The SMILES string of the molecule is CC(C)(C)OC(=O)N[C@@H](Cc1ccccc1)C(=O)N[C@@H](CC(N)=O)C(=O)N[C@@H](Cc1ccccc1)[C@H](O)C(=O)NCC1CCCCC1. The van der Waals surface area contributed by atoms with Crippen molar-refractivity contribution in [2.75, 3.05) is 6.54 Å². The summed E-state index contributed by atoms with van der Waals surface area (Å²) in [4.78, 5) is 65.0. The number of carbonyl (C=O) groups excluding carboxylic acids is 5. The number of carbonyl (C=O) groups is 5. The number of ether oxygens (including phenoxy) is 1. The second kappa shape index (κ2) is 18.0. The Bertz CT molecular complexity index is 1330. The van der Waals surface area contributed by atoms with E-state index >= 15 is 0 Å². The molecule has 7 N–H and O–H groups in total. The number of nitrogens with one attached hydrogen (secondary N) is 4. The molecule has 1 aliphatic rings. The predicted molar refractivity (Wildman–Crippen MR) is 177 cm³/mol. The molecule has 5 amide bonds. The van der Waals surface area contributed by atoms with Gasteiger partial charge in [-0.1, -0.05) is 79.9 Å². The van der Waals surface area contributed by atoms with Gasteiger partial charge in [-0.3, -0.25) is 19.2 Å². The zero-order valence-electron chi connectivity index (χ0n) is 27.5. The van der Waals surface area contributed by atoms with E-state index in [1.165, 1.54) is 6.42 Å². The largest absolute Gasteiger partial charge is 0.444 e. The minimum atomic E-state index is -1.62. The first-order chi connectivity index (χ1) is 22.3. The molecule has 0 aliphatic heterocycles. The monoisotopic (exact) mass is 651 g/mol. The van der Waals surface area contributed by atoms with Crippen LogP contribution in [0.15, 0.2) is 60.7 Å². The number of hydrogen-bond acceptors (Lipinski definition) is 7. The summed E-state index contributed by atoms with van der Waals surface area (Å²) in [6.07, 6.45) is 2.51. The molecule has 0 bridgehead atoms. The van der Waals surface area contributed by atoms with Gasteiger partial charge < -0.3 is 36.8 Å². The zero-order valence-corrected chi connectivity index (χ0v) is 27.5. The van der Waals surface area contributed by atoms with Crippen LogP contribution in [0, 0.1) is 5.92 Å². The van der Waals surface area contributed by atoms with Crippen LogP contribution in [0.5, 0.6) is 0 Å². The lowest BCUT2D eigenvalue weighted by molar-refractivity contribution is -0.135. The van der Waals surface area contributed by atoms with Crippen molar-refractivity contribution in [1.29, 1.82) is 0 Å². The minimum absolute atomic E-state index is 0.0628.